The van der Waals surface area contributed by atoms with Gasteiger partial charge in [0.15, 0.2) is 11.0 Å². The Morgan fingerprint density at radius 3 is 2.64 bits per heavy atom. The van der Waals surface area contributed by atoms with Gasteiger partial charge >= 0.3 is 0 Å². The van der Waals surface area contributed by atoms with Crippen molar-refractivity contribution in [2.45, 2.75) is 25.9 Å². The number of aliphatic hydroxyl groups is 1. The summed E-state index contributed by atoms with van der Waals surface area (Å²) in [5.74, 6) is 0.554. The van der Waals surface area contributed by atoms with Gasteiger partial charge in [-0.2, -0.15) is 0 Å². The molecular weight excluding hydrogens is 202 g/mol. The van der Waals surface area contributed by atoms with E-state index >= 15 is 0 Å². The summed E-state index contributed by atoms with van der Waals surface area (Å²) in [5.41, 5.74) is -0.679. The van der Waals surface area contributed by atoms with E-state index in [4.69, 9.17) is 11.6 Å². The summed E-state index contributed by atoms with van der Waals surface area (Å²) in [6.45, 7) is 4.13. The molecule has 14 heavy (non-hydrogen) atoms. The Labute approximate surface area is 88.3 Å². The Morgan fingerprint density at radius 1 is 1.43 bits per heavy atom. The lowest BCUT2D eigenvalue weighted by molar-refractivity contribution is 0.0748. The average molecular weight is 216 g/mol. The number of hydrogen-bond donors (Lipinski definition) is 2. The number of hydrogen-bond acceptors (Lipinski definition) is 4. The maximum absolute atomic E-state index is 9.46. The van der Waals surface area contributed by atoms with Crippen LogP contribution in [0.5, 0.6) is 0 Å². The zero-order chi connectivity index (χ0) is 10.6. The van der Waals surface area contributed by atoms with Gasteiger partial charge in [0, 0.05) is 18.9 Å². The first kappa shape index (κ1) is 11.2. The Morgan fingerprint density at radius 2 is 2.07 bits per heavy atom. The van der Waals surface area contributed by atoms with Gasteiger partial charge in [0.1, 0.15) is 0 Å². The normalized spacial score (nSPS) is 11.4. The molecule has 0 unspecified atom stereocenters. The van der Waals surface area contributed by atoms with Gasteiger partial charge in [0.05, 0.1) is 5.60 Å². The summed E-state index contributed by atoms with van der Waals surface area (Å²) < 4.78 is 0. The van der Waals surface area contributed by atoms with Crippen molar-refractivity contribution in [1.82, 2.24) is 9.97 Å². The molecule has 0 saturated carbocycles. The van der Waals surface area contributed by atoms with Crippen molar-refractivity contribution < 1.29 is 5.11 Å². The van der Waals surface area contributed by atoms with E-state index in [0.717, 1.165) is 0 Å². The summed E-state index contributed by atoms with van der Waals surface area (Å²) >= 11 is 5.78. The van der Waals surface area contributed by atoms with Gasteiger partial charge in [-0.05, 0) is 20.3 Å². The second-order valence-corrected chi connectivity index (χ2v) is 4.04. The number of nitrogens with zero attached hydrogens (tertiary/aromatic N) is 2. The molecule has 1 heterocycles. The van der Waals surface area contributed by atoms with E-state index in [9.17, 15) is 5.11 Å². The minimum absolute atomic E-state index is 0.350. The second kappa shape index (κ2) is 4.57. The lowest BCUT2D eigenvalue weighted by Crippen LogP contribution is -2.22. The number of anilines is 1. The molecule has 1 rings (SSSR count). The van der Waals surface area contributed by atoms with Crippen molar-refractivity contribution in [1.29, 1.82) is 0 Å². The smallest absolute Gasteiger partial charge is 0.171 e. The third kappa shape index (κ3) is 3.89. The molecule has 1 aromatic heterocycles. The van der Waals surface area contributed by atoms with Crippen LogP contribution in [0.4, 0.5) is 5.82 Å². The summed E-state index contributed by atoms with van der Waals surface area (Å²) in [7, 11) is 0. The Bertz CT molecular complexity index is 298. The van der Waals surface area contributed by atoms with Gasteiger partial charge in [-0.15, -0.1) is 0 Å². The molecule has 0 amide bonds. The molecular formula is C9H14ClN3O. The van der Waals surface area contributed by atoms with E-state index in [2.05, 4.69) is 15.3 Å². The fraction of sp³-hybridized carbons (Fsp3) is 0.556. The second-order valence-electron chi connectivity index (χ2n) is 3.68. The Balaban J connectivity index is 2.43. The molecule has 0 aliphatic rings. The Kier molecular flexibility index (Phi) is 3.66. The van der Waals surface area contributed by atoms with Crippen LogP contribution in [0.15, 0.2) is 12.4 Å². The zero-order valence-corrected chi connectivity index (χ0v) is 9.04. The molecule has 0 atom stereocenters. The Hall–Kier alpha value is -0.870. The highest BCUT2D eigenvalue weighted by Crippen LogP contribution is 2.15. The van der Waals surface area contributed by atoms with Crippen molar-refractivity contribution in [3.05, 3.63) is 17.5 Å². The van der Waals surface area contributed by atoms with E-state index in [1.54, 1.807) is 20.0 Å². The predicted octanol–water partition coefficient (Wildman–Crippen LogP) is 1.70. The van der Waals surface area contributed by atoms with Gasteiger partial charge in [0.2, 0.25) is 0 Å². The summed E-state index contributed by atoms with van der Waals surface area (Å²) in [6.07, 6.45) is 3.72. The maximum Gasteiger partial charge on any atom is 0.171 e. The van der Waals surface area contributed by atoms with Crippen molar-refractivity contribution in [3.8, 4) is 0 Å². The average Bonchev–Trinajstić information content (AvgIpc) is 2.06. The molecule has 0 aliphatic heterocycles. The van der Waals surface area contributed by atoms with E-state index in [-0.39, 0.29) is 0 Å². The van der Waals surface area contributed by atoms with Crippen LogP contribution in [0, 0.1) is 0 Å². The van der Waals surface area contributed by atoms with Crippen molar-refractivity contribution in [2.75, 3.05) is 11.9 Å². The molecule has 0 saturated heterocycles. The van der Waals surface area contributed by atoms with Crippen LogP contribution in [0.3, 0.4) is 0 Å². The van der Waals surface area contributed by atoms with E-state index in [0.29, 0.717) is 23.9 Å². The number of nitrogens with one attached hydrogen (secondary N) is 1. The van der Waals surface area contributed by atoms with Gasteiger partial charge in [-0.3, -0.25) is 0 Å². The molecule has 1 aromatic rings. The summed E-state index contributed by atoms with van der Waals surface area (Å²) in [4.78, 5) is 7.88. The largest absolute Gasteiger partial charge is 0.390 e. The van der Waals surface area contributed by atoms with E-state index in [1.807, 2.05) is 0 Å². The molecule has 0 radical (unpaired) electrons. The standard InChI is InChI=1S/C9H14ClN3O/c1-9(2,14)3-4-12-8-7(10)11-5-6-13-8/h5-6,14H,3-4H2,1-2H3,(H,12,13). The lowest BCUT2D eigenvalue weighted by Gasteiger charge is -2.17. The molecule has 0 aromatic carbocycles. The number of aromatic nitrogens is 2. The van der Waals surface area contributed by atoms with Crippen molar-refractivity contribution >= 4 is 17.4 Å². The quantitative estimate of drug-likeness (QED) is 0.803. The van der Waals surface area contributed by atoms with E-state index < -0.39 is 5.60 Å². The van der Waals surface area contributed by atoms with Crippen molar-refractivity contribution in [3.63, 3.8) is 0 Å². The molecule has 0 bridgehead atoms. The molecule has 4 nitrogen and oxygen atoms in total. The van der Waals surface area contributed by atoms with Crippen molar-refractivity contribution in [2.24, 2.45) is 0 Å². The third-order valence-corrected chi connectivity index (χ3v) is 1.96. The molecule has 0 fully saturated rings. The summed E-state index contributed by atoms with van der Waals surface area (Å²) in [6, 6.07) is 0. The molecule has 0 aliphatic carbocycles. The minimum Gasteiger partial charge on any atom is -0.390 e. The molecule has 2 N–H and O–H groups in total. The predicted molar refractivity (Wildman–Crippen MR) is 56.4 cm³/mol. The lowest BCUT2D eigenvalue weighted by atomic mass is 10.1. The van der Waals surface area contributed by atoms with Gasteiger partial charge in [-0.1, -0.05) is 11.6 Å². The topological polar surface area (TPSA) is 58.0 Å². The maximum atomic E-state index is 9.46. The first-order chi connectivity index (χ1) is 6.49. The fourth-order valence-electron chi connectivity index (χ4n) is 0.926. The van der Waals surface area contributed by atoms with Crippen LogP contribution in [0.25, 0.3) is 0 Å². The van der Waals surface area contributed by atoms with Crippen LogP contribution < -0.4 is 5.32 Å². The highest BCUT2D eigenvalue weighted by atomic mass is 35.5. The van der Waals surface area contributed by atoms with E-state index in [1.165, 1.54) is 6.20 Å². The SMILES string of the molecule is CC(C)(O)CCNc1nccnc1Cl. The van der Waals surface area contributed by atoms with Crippen LogP contribution in [0.1, 0.15) is 20.3 Å². The van der Waals surface area contributed by atoms with Crippen LogP contribution in [-0.4, -0.2) is 27.2 Å². The van der Waals surface area contributed by atoms with Gasteiger partial charge in [0.25, 0.3) is 0 Å². The highest BCUT2D eigenvalue weighted by molar-refractivity contribution is 6.31. The third-order valence-electron chi connectivity index (χ3n) is 1.68. The molecule has 78 valence electrons. The molecule has 0 spiro atoms. The molecule has 5 heteroatoms. The van der Waals surface area contributed by atoms with Crippen LogP contribution >= 0.6 is 11.6 Å². The zero-order valence-electron chi connectivity index (χ0n) is 8.29. The van der Waals surface area contributed by atoms with Crippen LogP contribution in [0.2, 0.25) is 5.15 Å². The first-order valence-electron chi connectivity index (χ1n) is 4.42. The van der Waals surface area contributed by atoms with Gasteiger partial charge in [-0.25, -0.2) is 9.97 Å². The van der Waals surface area contributed by atoms with Crippen LogP contribution in [-0.2, 0) is 0 Å². The van der Waals surface area contributed by atoms with Gasteiger partial charge < -0.3 is 10.4 Å². The number of halogens is 1. The number of rotatable bonds is 4. The first-order valence-corrected chi connectivity index (χ1v) is 4.79. The monoisotopic (exact) mass is 215 g/mol. The minimum atomic E-state index is -0.679. The fourth-order valence-corrected chi connectivity index (χ4v) is 1.10. The summed E-state index contributed by atoms with van der Waals surface area (Å²) in [5, 5.41) is 12.8. The highest BCUT2D eigenvalue weighted by Gasteiger charge is 2.11.